The number of hydrogen-bond donors (Lipinski definition) is 0. The van der Waals surface area contributed by atoms with Gasteiger partial charge >= 0.3 is 0 Å². The first-order valence-corrected chi connectivity index (χ1v) is 8.45. The molecule has 0 unspecified atom stereocenters. The van der Waals surface area contributed by atoms with Gasteiger partial charge in [-0.05, 0) is 44.1 Å². The van der Waals surface area contributed by atoms with Crippen LogP contribution in [0.25, 0.3) is 0 Å². The third-order valence-corrected chi connectivity index (χ3v) is 4.96. The van der Waals surface area contributed by atoms with E-state index in [1.54, 1.807) is 11.9 Å². The molecule has 0 aromatic heterocycles. The zero-order valence-electron chi connectivity index (χ0n) is 14.6. The van der Waals surface area contributed by atoms with Gasteiger partial charge in [0.25, 0.3) is 5.91 Å². The highest BCUT2D eigenvalue weighted by Gasteiger charge is 2.34. The number of nitrogens with zero attached hydrogens (tertiary/aromatic N) is 2. The van der Waals surface area contributed by atoms with Crippen LogP contribution in [-0.2, 0) is 0 Å². The fourth-order valence-electron chi connectivity index (χ4n) is 3.65. The van der Waals surface area contributed by atoms with Crippen LogP contribution >= 0.6 is 12.4 Å². The first-order chi connectivity index (χ1) is 11.0. The number of benzene rings is 1. The van der Waals surface area contributed by atoms with Crippen LogP contribution < -0.4 is 0 Å². The molecule has 0 radical (unpaired) electrons. The summed E-state index contributed by atoms with van der Waals surface area (Å²) in [4.78, 5) is 16.8. The van der Waals surface area contributed by atoms with Gasteiger partial charge in [0.05, 0.1) is 0 Å². The smallest absolute Gasteiger partial charge is 0.254 e. The van der Waals surface area contributed by atoms with Crippen LogP contribution in [0.2, 0.25) is 0 Å². The maximum Gasteiger partial charge on any atom is 0.254 e. The van der Waals surface area contributed by atoms with Crippen molar-refractivity contribution in [2.45, 2.75) is 51.6 Å². The molecule has 0 N–H and O–H groups in total. The van der Waals surface area contributed by atoms with Crippen molar-refractivity contribution >= 4 is 18.3 Å². The van der Waals surface area contributed by atoms with E-state index in [1.165, 1.54) is 12.5 Å². The molecule has 1 saturated carbocycles. The van der Waals surface area contributed by atoms with Gasteiger partial charge in [-0.3, -0.25) is 9.69 Å². The molecule has 3 nitrogen and oxygen atoms in total. The van der Waals surface area contributed by atoms with Crippen LogP contribution in [0.15, 0.2) is 18.2 Å². The summed E-state index contributed by atoms with van der Waals surface area (Å²) in [7, 11) is 1.77. The summed E-state index contributed by atoms with van der Waals surface area (Å²) in [6, 6.07) is 3.80. The molecule has 0 bridgehead atoms. The first-order valence-electron chi connectivity index (χ1n) is 8.45. The number of rotatable bonds is 5. The zero-order valence-corrected chi connectivity index (χ0v) is 15.4. The topological polar surface area (TPSA) is 23.6 Å². The molecule has 0 heterocycles. The lowest BCUT2D eigenvalue weighted by Gasteiger charge is -2.43. The second kappa shape index (κ2) is 9.33. The van der Waals surface area contributed by atoms with E-state index >= 15 is 0 Å². The standard InChI is InChI=1S/C18H26F2N2O.ClH/c1-4-22(5-2)17-9-7-6-8-16(17)21(3)18(23)13-10-11-14(19)15(20)12-13;/h10-12,16-17H,4-9H2,1-3H3;1H/t16-,17-;/m1./s1. The zero-order chi connectivity index (χ0) is 17.0. The highest BCUT2D eigenvalue weighted by molar-refractivity contribution is 5.94. The van der Waals surface area contributed by atoms with Gasteiger partial charge in [-0.15, -0.1) is 12.4 Å². The van der Waals surface area contributed by atoms with Crippen LogP contribution in [0.4, 0.5) is 8.78 Å². The number of likely N-dealkylation sites (N-methyl/N-ethyl adjacent to an activating group) is 2. The van der Waals surface area contributed by atoms with E-state index in [1.807, 2.05) is 0 Å². The average molecular weight is 361 g/mol. The molecular weight excluding hydrogens is 334 g/mol. The van der Waals surface area contributed by atoms with Crippen molar-refractivity contribution in [2.75, 3.05) is 20.1 Å². The fraction of sp³-hybridized carbons (Fsp3) is 0.611. The quantitative estimate of drug-likeness (QED) is 0.788. The SMILES string of the molecule is CCN(CC)[C@@H]1CCCC[C@H]1N(C)C(=O)c1ccc(F)c(F)c1.Cl. The van der Waals surface area contributed by atoms with Crippen molar-refractivity contribution in [1.82, 2.24) is 9.80 Å². The fourth-order valence-corrected chi connectivity index (χ4v) is 3.65. The van der Waals surface area contributed by atoms with Crippen LogP contribution in [0.1, 0.15) is 49.9 Å². The van der Waals surface area contributed by atoms with Crippen molar-refractivity contribution in [2.24, 2.45) is 0 Å². The van der Waals surface area contributed by atoms with Crippen molar-refractivity contribution in [3.05, 3.63) is 35.4 Å². The van der Waals surface area contributed by atoms with Crippen molar-refractivity contribution < 1.29 is 13.6 Å². The normalized spacial score (nSPS) is 20.6. The Morgan fingerprint density at radius 2 is 1.67 bits per heavy atom. The largest absolute Gasteiger partial charge is 0.337 e. The molecule has 1 aromatic rings. The number of carbonyl (C=O) groups excluding carboxylic acids is 1. The minimum absolute atomic E-state index is 0. The van der Waals surface area contributed by atoms with Crippen LogP contribution in [0.5, 0.6) is 0 Å². The summed E-state index contributed by atoms with van der Waals surface area (Å²) < 4.78 is 26.5. The molecular formula is C18H27ClF2N2O. The minimum Gasteiger partial charge on any atom is -0.337 e. The molecule has 2 rings (SSSR count). The highest BCUT2D eigenvalue weighted by atomic mass is 35.5. The maximum atomic E-state index is 13.4. The Balaban J connectivity index is 0.00000288. The molecule has 2 atom stereocenters. The summed E-state index contributed by atoms with van der Waals surface area (Å²) in [5, 5.41) is 0. The van der Waals surface area contributed by atoms with Gasteiger partial charge in [-0.2, -0.15) is 0 Å². The van der Waals surface area contributed by atoms with Gasteiger partial charge in [0, 0.05) is 24.7 Å². The molecule has 0 saturated heterocycles. The van der Waals surface area contributed by atoms with Crippen molar-refractivity contribution in [3.63, 3.8) is 0 Å². The summed E-state index contributed by atoms with van der Waals surface area (Å²) in [5.74, 6) is -2.15. The predicted molar refractivity (Wildman–Crippen MR) is 94.7 cm³/mol. The Labute approximate surface area is 149 Å². The van der Waals surface area contributed by atoms with Crippen LogP contribution in [0.3, 0.4) is 0 Å². The van der Waals surface area contributed by atoms with Crippen LogP contribution in [0, 0.1) is 11.6 Å². The van der Waals surface area contributed by atoms with Gasteiger partial charge in [-0.1, -0.05) is 26.7 Å². The Morgan fingerprint density at radius 3 is 2.21 bits per heavy atom. The molecule has 6 heteroatoms. The maximum absolute atomic E-state index is 13.4. The van der Waals surface area contributed by atoms with Gasteiger partial charge < -0.3 is 4.90 Å². The number of halogens is 3. The van der Waals surface area contributed by atoms with E-state index in [4.69, 9.17) is 0 Å². The second-order valence-electron chi connectivity index (χ2n) is 6.19. The molecule has 136 valence electrons. The molecule has 1 aliphatic rings. The third-order valence-electron chi connectivity index (χ3n) is 4.96. The lowest BCUT2D eigenvalue weighted by molar-refractivity contribution is 0.0465. The number of carbonyl (C=O) groups is 1. The summed E-state index contributed by atoms with van der Waals surface area (Å²) in [6.07, 6.45) is 4.29. The Hall–Kier alpha value is -1.20. The lowest BCUT2D eigenvalue weighted by atomic mass is 9.87. The van der Waals surface area contributed by atoms with Gasteiger partial charge in [-0.25, -0.2) is 8.78 Å². The molecule has 1 fully saturated rings. The van der Waals surface area contributed by atoms with E-state index < -0.39 is 11.6 Å². The van der Waals surface area contributed by atoms with Gasteiger partial charge in [0.2, 0.25) is 0 Å². The van der Waals surface area contributed by atoms with E-state index in [2.05, 4.69) is 18.7 Å². The Morgan fingerprint density at radius 1 is 1.08 bits per heavy atom. The predicted octanol–water partition coefficient (Wildman–Crippen LogP) is 4.11. The van der Waals surface area contributed by atoms with Crippen molar-refractivity contribution in [1.29, 1.82) is 0 Å². The third kappa shape index (κ3) is 4.45. The Bertz CT molecular complexity index is 552. The molecule has 24 heavy (non-hydrogen) atoms. The summed E-state index contributed by atoms with van der Waals surface area (Å²) in [6.45, 7) is 6.16. The Kier molecular flexibility index (Phi) is 8.10. The first kappa shape index (κ1) is 20.8. The molecule has 0 spiro atoms. The number of amides is 1. The minimum atomic E-state index is -0.979. The number of hydrogen-bond acceptors (Lipinski definition) is 2. The van der Waals surface area contributed by atoms with E-state index in [0.29, 0.717) is 6.04 Å². The summed E-state index contributed by atoms with van der Waals surface area (Å²) >= 11 is 0. The van der Waals surface area contributed by atoms with Crippen molar-refractivity contribution in [3.8, 4) is 0 Å². The van der Waals surface area contributed by atoms with E-state index in [9.17, 15) is 13.6 Å². The lowest BCUT2D eigenvalue weighted by Crippen LogP contribution is -2.53. The highest BCUT2D eigenvalue weighted by Crippen LogP contribution is 2.27. The molecule has 1 aliphatic carbocycles. The van der Waals surface area contributed by atoms with Crippen LogP contribution in [-0.4, -0.2) is 47.9 Å². The van der Waals surface area contributed by atoms with Gasteiger partial charge in [0.1, 0.15) is 0 Å². The van der Waals surface area contributed by atoms with E-state index in [0.717, 1.165) is 44.5 Å². The molecule has 1 aromatic carbocycles. The monoisotopic (exact) mass is 360 g/mol. The average Bonchev–Trinajstić information content (AvgIpc) is 2.57. The van der Waals surface area contributed by atoms with Gasteiger partial charge in [0.15, 0.2) is 11.6 Å². The summed E-state index contributed by atoms with van der Waals surface area (Å²) in [5.41, 5.74) is 0.204. The van der Waals surface area contributed by atoms with E-state index in [-0.39, 0.29) is 29.9 Å². The second-order valence-corrected chi connectivity index (χ2v) is 6.19. The molecule has 1 amide bonds. The molecule has 0 aliphatic heterocycles.